The number of hydrogen-bond donors (Lipinski definition) is 8. The van der Waals surface area contributed by atoms with E-state index in [1.54, 1.807) is 104 Å². The van der Waals surface area contributed by atoms with E-state index in [0.29, 0.717) is 68.4 Å². The quantitative estimate of drug-likeness (QED) is 0.0312. The largest absolute Gasteiger partial charge is 0.497 e. The van der Waals surface area contributed by atoms with Gasteiger partial charge >= 0.3 is 18.2 Å². The molecule has 3 atom stereocenters. The summed E-state index contributed by atoms with van der Waals surface area (Å²) in [6, 6.07) is 53.8. The molecule has 0 saturated heterocycles. The van der Waals surface area contributed by atoms with E-state index in [1.807, 2.05) is 199 Å². The second kappa shape index (κ2) is 36.2. The molecule has 2 unspecified atom stereocenters. The lowest BCUT2D eigenvalue weighted by Crippen LogP contribution is -2.28. The number of nitrogens with zero attached hydrogens (tertiary/aromatic N) is 11. The van der Waals surface area contributed by atoms with Crippen LogP contribution < -0.4 is 51.9 Å². The second-order valence-corrected chi connectivity index (χ2v) is 26.9. The Morgan fingerprint density at radius 1 is 0.462 bits per heavy atom. The van der Waals surface area contributed by atoms with Crippen LogP contribution in [0.25, 0.3) is 94.9 Å². The molecule has 8 N–H and O–H groups in total. The fourth-order valence-corrected chi connectivity index (χ4v) is 13.6. The molecule has 0 saturated carbocycles. The molecule has 6 aromatic carbocycles. The van der Waals surface area contributed by atoms with Crippen molar-refractivity contribution in [3.05, 3.63) is 268 Å². The van der Waals surface area contributed by atoms with Crippen molar-refractivity contribution < 1.29 is 42.9 Å². The molecule has 0 aliphatic heterocycles. The highest BCUT2D eigenvalue weighted by Crippen LogP contribution is 2.37. The van der Waals surface area contributed by atoms with Gasteiger partial charge in [0.2, 0.25) is 17.8 Å². The summed E-state index contributed by atoms with van der Waals surface area (Å²) in [5, 5.41) is 13.6. The van der Waals surface area contributed by atoms with Crippen molar-refractivity contribution in [1.82, 2.24) is 79.2 Å². The van der Waals surface area contributed by atoms with Crippen molar-refractivity contribution in [1.29, 1.82) is 0 Å². The number of H-pyrrole nitrogens is 3. The molecule has 15 aromatic rings. The van der Waals surface area contributed by atoms with Crippen LogP contribution in [0.3, 0.4) is 0 Å². The number of benzene rings is 6. The van der Waals surface area contributed by atoms with E-state index in [1.165, 1.54) is 0 Å². The zero-order chi connectivity index (χ0) is 82.4. The van der Waals surface area contributed by atoms with E-state index < -0.39 is 12.2 Å². The lowest BCUT2D eigenvalue weighted by atomic mass is 9.99. The van der Waals surface area contributed by atoms with Gasteiger partial charge in [-0.15, -0.1) is 0 Å². The number of methoxy groups -OCH3 is 3. The van der Waals surface area contributed by atoms with Gasteiger partial charge in [0.05, 0.1) is 91.6 Å². The van der Waals surface area contributed by atoms with Gasteiger partial charge in [-0.05, 0) is 210 Å². The summed E-state index contributed by atoms with van der Waals surface area (Å²) in [7, 11) is 4.86. The van der Waals surface area contributed by atoms with Crippen LogP contribution in [-0.2, 0) is 9.47 Å². The first kappa shape index (κ1) is 80.0. The van der Waals surface area contributed by atoms with Crippen LogP contribution in [0.2, 0.25) is 0 Å². The number of imidazole rings is 4. The van der Waals surface area contributed by atoms with Crippen molar-refractivity contribution >= 4 is 75.1 Å². The van der Waals surface area contributed by atoms with Crippen molar-refractivity contribution in [2.75, 3.05) is 57.0 Å². The van der Waals surface area contributed by atoms with Crippen molar-refractivity contribution in [2.45, 2.75) is 73.5 Å². The van der Waals surface area contributed by atoms with Crippen molar-refractivity contribution in [3.63, 3.8) is 0 Å². The predicted molar refractivity (Wildman–Crippen MR) is 448 cm³/mol. The Balaban J connectivity index is 0.000000152. The van der Waals surface area contributed by atoms with Crippen LogP contribution >= 0.6 is 0 Å². The third kappa shape index (κ3) is 18.5. The summed E-state index contributed by atoms with van der Waals surface area (Å²) in [6.45, 7) is 16.0. The average molecular weight is 1570 g/mol. The van der Waals surface area contributed by atoms with Gasteiger partial charge in [-0.1, -0.05) is 48.5 Å². The van der Waals surface area contributed by atoms with Gasteiger partial charge in [0, 0.05) is 83.4 Å². The Morgan fingerprint density at radius 2 is 0.906 bits per heavy atom. The fourth-order valence-electron chi connectivity index (χ4n) is 13.6. The van der Waals surface area contributed by atoms with Gasteiger partial charge in [-0.3, -0.25) is 40.3 Å². The number of hydrogen-bond acceptors (Lipinski definition) is 19. The Hall–Kier alpha value is -15.1. The van der Waals surface area contributed by atoms with Crippen LogP contribution in [0.4, 0.5) is 32.2 Å². The van der Waals surface area contributed by atoms with Crippen molar-refractivity contribution in [2.24, 2.45) is 0 Å². The second-order valence-electron chi connectivity index (χ2n) is 26.9. The van der Waals surface area contributed by atoms with Gasteiger partial charge in [-0.2, -0.15) is 0 Å². The molecule has 9 aromatic heterocycles. The van der Waals surface area contributed by atoms with Gasteiger partial charge < -0.3 is 63.0 Å². The standard InChI is InChI=1S/C30H30N6O3.C30H29N5O4.C27H26N8O4/c1-5-31-30(38)35-29-33-26-16-22(15-24(28(26)34-29)25-11-6-7-12-32-25)21-13-18(2)36(27(37)17-21)19(3)20-9-8-10-23(14-20)39-4;1-5-39-30(37)34-29-32-26-16-22(15-24(28(26)33-29)25-11-6-7-12-31-25)21-13-18(2)35(27(36)17-21)19(3)20-9-8-10-23(14-20)38-4;1-4-39-27(37)34-26-32-21-13-18(12-20(23(21)33-26)24-28-9-6-10-29-24)35-14-22(30-15-35)25(36)31-16(2)17-7-5-8-19(11-17)38-3/h6-17,19H,5H2,1-4H3,(H3,31,33,34,35,38);6-17,19H,5H2,1-4H3,(H2,32,33,34,37);5-16H,4H2,1-3H3,(H,31,36)(H2,32,33,34,37)/t;;16-/m..0/s1. The number of amides is 5. The Morgan fingerprint density at radius 3 is 1.36 bits per heavy atom. The molecule has 15 rings (SSSR count). The van der Waals surface area contributed by atoms with Crippen LogP contribution in [0.5, 0.6) is 17.2 Å². The molecule has 0 radical (unpaired) electrons. The van der Waals surface area contributed by atoms with E-state index in [9.17, 15) is 28.8 Å². The summed E-state index contributed by atoms with van der Waals surface area (Å²) in [5.74, 6) is 3.13. The van der Waals surface area contributed by atoms with Crippen LogP contribution in [-0.4, -0.2) is 134 Å². The average Bonchev–Trinajstić information content (AvgIpc) is 1.77. The zero-order valence-corrected chi connectivity index (χ0v) is 66.0. The number of carbonyl (C=O) groups excluding carboxylic acids is 4. The van der Waals surface area contributed by atoms with Crippen LogP contribution in [0.15, 0.2) is 223 Å². The minimum Gasteiger partial charge on any atom is -0.497 e. The smallest absolute Gasteiger partial charge is 0.413 e. The molecule has 0 bridgehead atoms. The molecular weight excluding hydrogens is 1490 g/mol. The van der Waals surface area contributed by atoms with Gasteiger partial charge in [0.15, 0.2) is 5.82 Å². The highest BCUT2D eigenvalue weighted by atomic mass is 16.6. The number of carbonyl (C=O) groups is 4. The minimum atomic E-state index is -0.622. The maximum Gasteiger partial charge on any atom is 0.413 e. The first-order chi connectivity index (χ1) is 56.7. The number of ether oxygens (including phenoxy) is 5. The fraction of sp³-hybridized carbons (Fsp3) is 0.195. The van der Waals surface area contributed by atoms with E-state index in [4.69, 9.17) is 23.7 Å². The van der Waals surface area contributed by atoms with E-state index >= 15 is 0 Å². The molecule has 0 spiro atoms. The summed E-state index contributed by atoms with van der Waals surface area (Å²) in [5.41, 5.74) is 15.9. The monoisotopic (exact) mass is 1570 g/mol. The Labute approximate surface area is 671 Å². The number of pyridine rings is 4. The molecule has 594 valence electrons. The molecule has 0 aliphatic carbocycles. The summed E-state index contributed by atoms with van der Waals surface area (Å²) < 4.78 is 31.2. The first-order valence-corrected chi connectivity index (χ1v) is 37.6. The number of aromatic amines is 3. The molecule has 0 aliphatic rings. The highest BCUT2D eigenvalue weighted by Gasteiger charge is 2.24. The number of fused-ring (bicyclic) bond motifs is 3. The van der Waals surface area contributed by atoms with Gasteiger partial charge in [-0.25, -0.2) is 44.3 Å². The number of urea groups is 1. The van der Waals surface area contributed by atoms with E-state index in [-0.39, 0.29) is 72.0 Å². The summed E-state index contributed by atoms with van der Waals surface area (Å²) >= 11 is 0. The summed E-state index contributed by atoms with van der Waals surface area (Å²) in [6.07, 6.45) is 8.67. The van der Waals surface area contributed by atoms with Gasteiger partial charge in [0.1, 0.15) is 34.8 Å². The molecule has 5 amide bonds. The third-order valence-electron chi connectivity index (χ3n) is 19.2. The number of aromatic nitrogens is 14. The topological polar surface area (TPSA) is 374 Å². The normalized spacial score (nSPS) is 11.8. The molecule has 9 heterocycles. The van der Waals surface area contributed by atoms with Crippen LogP contribution in [0, 0.1) is 13.8 Å². The zero-order valence-electron chi connectivity index (χ0n) is 66.0. The maximum absolute atomic E-state index is 13.5. The minimum absolute atomic E-state index is 0.108. The lowest BCUT2D eigenvalue weighted by Gasteiger charge is -2.20. The Bertz CT molecular complexity index is 5980. The number of nitrogens with one attached hydrogen (secondary N) is 8. The molecular formula is C87H85N19O11. The number of anilines is 3. The van der Waals surface area contributed by atoms with Crippen molar-refractivity contribution in [3.8, 4) is 79.1 Å². The Kier molecular flexibility index (Phi) is 24.7. The maximum atomic E-state index is 13.5. The lowest BCUT2D eigenvalue weighted by molar-refractivity contribution is 0.0935. The highest BCUT2D eigenvalue weighted by molar-refractivity contribution is 6.00. The summed E-state index contributed by atoms with van der Waals surface area (Å²) in [4.78, 5) is 121. The molecule has 30 nitrogen and oxygen atoms in total. The SMILES string of the molecule is CCNC(=O)Nc1nc2c(-c3ccccn3)cc(-c3cc(C)n(C(C)c4cccc(OC)c4)c(=O)c3)cc2[nH]1.CCOC(=O)Nc1nc2c(-c3ccccn3)cc(-c3cc(C)n(C(C)c4cccc(OC)c4)c(=O)c3)cc2[nH]1.CCOC(=O)Nc1nc2c(-c3ncccn3)cc(-n3cnc(C(=O)N[C@@H](C)c4cccc(OC)c4)c3)cc2[nH]1. The first-order valence-electron chi connectivity index (χ1n) is 37.6. The van der Waals surface area contributed by atoms with E-state index in [0.717, 1.165) is 84.3 Å². The van der Waals surface area contributed by atoms with Crippen LogP contribution in [0.1, 0.15) is 98.2 Å². The predicted octanol–water partition coefficient (Wildman–Crippen LogP) is 15.7. The molecule has 30 heteroatoms. The third-order valence-corrected chi connectivity index (χ3v) is 19.2. The number of rotatable bonds is 22. The van der Waals surface area contributed by atoms with E-state index in [2.05, 4.69) is 81.4 Å². The number of aryl methyl sites for hydroxylation is 2. The van der Waals surface area contributed by atoms with Gasteiger partial charge in [0.25, 0.3) is 17.0 Å². The molecule has 0 fully saturated rings. The molecule has 117 heavy (non-hydrogen) atoms.